The number of anilines is 1. The molecule has 0 saturated carbocycles. The SMILES string of the molecule is C[C@@H]1CCC[C@@H](C)N1NC(=O)C1=NN(c2ccc(Cl)cc2Cl)CC1. The topological polar surface area (TPSA) is 47.9 Å². The maximum atomic E-state index is 12.6. The van der Waals surface area contributed by atoms with Gasteiger partial charge in [0.15, 0.2) is 0 Å². The summed E-state index contributed by atoms with van der Waals surface area (Å²) >= 11 is 12.2. The Kier molecular flexibility index (Phi) is 5.33. The molecule has 1 fully saturated rings. The summed E-state index contributed by atoms with van der Waals surface area (Å²) in [6, 6.07) is 5.98. The van der Waals surface area contributed by atoms with Crippen molar-refractivity contribution < 1.29 is 4.79 Å². The quantitative estimate of drug-likeness (QED) is 0.880. The molecular weight excluding hydrogens is 347 g/mol. The molecule has 0 spiro atoms. The van der Waals surface area contributed by atoms with Gasteiger partial charge in [0.05, 0.1) is 10.7 Å². The van der Waals surface area contributed by atoms with Crippen LogP contribution in [0.5, 0.6) is 0 Å². The van der Waals surface area contributed by atoms with Crippen molar-refractivity contribution >= 4 is 40.5 Å². The average Bonchev–Trinajstić information content (AvgIpc) is 3.00. The van der Waals surface area contributed by atoms with Crippen LogP contribution >= 0.6 is 23.2 Å². The number of hydrogen-bond donors (Lipinski definition) is 1. The first-order valence-corrected chi connectivity index (χ1v) is 9.10. The van der Waals surface area contributed by atoms with Crippen LogP contribution in [-0.4, -0.2) is 35.3 Å². The molecule has 1 amide bonds. The minimum absolute atomic E-state index is 0.122. The van der Waals surface area contributed by atoms with Crippen LogP contribution < -0.4 is 10.4 Å². The standard InChI is InChI=1S/C17H22Cl2N4O/c1-11-4-3-5-12(2)23(11)21-17(24)15-8-9-22(20-15)16-7-6-13(18)10-14(16)19/h6-7,10-12H,3-5,8-9H2,1-2H3,(H,21,24)/t11-,12-/m1/s1. The van der Waals surface area contributed by atoms with Crippen LogP contribution in [0.1, 0.15) is 39.5 Å². The summed E-state index contributed by atoms with van der Waals surface area (Å²) in [4.78, 5) is 12.6. The minimum atomic E-state index is -0.122. The highest BCUT2D eigenvalue weighted by molar-refractivity contribution is 6.40. The molecule has 2 aliphatic heterocycles. The van der Waals surface area contributed by atoms with E-state index in [9.17, 15) is 4.79 Å². The normalized spacial score (nSPS) is 24.8. The molecule has 1 N–H and O–H groups in total. The maximum Gasteiger partial charge on any atom is 0.281 e. The van der Waals surface area contributed by atoms with Gasteiger partial charge in [0.1, 0.15) is 5.71 Å². The van der Waals surface area contributed by atoms with Gasteiger partial charge in [0, 0.05) is 30.1 Å². The molecule has 1 aromatic carbocycles. The van der Waals surface area contributed by atoms with E-state index in [1.807, 2.05) is 6.07 Å². The molecule has 0 aliphatic carbocycles. The molecule has 2 heterocycles. The van der Waals surface area contributed by atoms with Crippen molar-refractivity contribution in [2.75, 3.05) is 11.6 Å². The summed E-state index contributed by atoms with van der Waals surface area (Å²) < 4.78 is 0. The summed E-state index contributed by atoms with van der Waals surface area (Å²) in [6.07, 6.45) is 4.01. The Morgan fingerprint density at radius 3 is 2.62 bits per heavy atom. The Balaban J connectivity index is 1.70. The van der Waals surface area contributed by atoms with E-state index in [0.717, 1.165) is 18.5 Å². The zero-order chi connectivity index (χ0) is 17.3. The van der Waals surface area contributed by atoms with Gasteiger partial charge in [-0.1, -0.05) is 29.6 Å². The lowest BCUT2D eigenvalue weighted by atomic mass is 10.00. The van der Waals surface area contributed by atoms with Crippen LogP contribution in [0.3, 0.4) is 0 Å². The zero-order valence-electron chi connectivity index (χ0n) is 13.9. The highest BCUT2D eigenvalue weighted by Gasteiger charge is 2.29. The summed E-state index contributed by atoms with van der Waals surface area (Å²) in [5, 5.41) is 9.39. The summed E-state index contributed by atoms with van der Waals surface area (Å²) in [5.74, 6) is -0.122. The Bertz CT molecular complexity index is 654. The molecule has 2 aliphatic rings. The van der Waals surface area contributed by atoms with E-state index in [4.69, 9.17) is 23.2 Å². The molecule has 7 heteroatoms. The lowest BCUT2D eigenvalue weighted by molar-refractivity contribution is -0.122. The van der Waals surface area contributed by atoms with Gasteiger partial charge in [-0.25, -0.2) is 5.01 Å². The summed E-state index contributed by atoms with van der Waals surface area (Å²) in [7, 11) is 0. The van der Waals surface area contributed by atoms with E-state index in [1.165, 1.54) is 6.42 Å². The Hall–Kier alpha value is -1.30. The molecule has 5 nitrogen and oxygen atoms in total. The molecule has 0 unspecified atom stereocenters. The average molecular weight is 369 g/mol. The van der Waals surface area contributed by atoms with Gasteiger partial charge in [-0.3, -0.25) is 15.2 Å². The summed E-state index contributed by atoms with van der Waals surface area (Å²) in [6.45, 7) is 4.92. The molecule has 0 radical (unpaired) electrons. The van der Waals surface area contributed by atoms with E-state index >= 15 is 0 Å². The Morgan fingerprint density at radius 2 is 1.96 bits per heavy atom. The number of nitrogens with zero attached hydrogens (tertiary/aromatic N) is 3. The predicted octanol–water partition coefficient (Wildman–Crippen LogP) is 3.85. The number of amides is 1. The maximum absolute atomic E-state index is 12.6. The smallest absolute Gasteiger partial charge is 0.281 e. The van der Waals surface area contributed by atoms with Gasteiger partial charge in [-0.2, -0.15) is 5.10 Å². The van der Waals surface area contributed by atoms with Gasteiger partial charge < -0.3 is 0 Å². The van der Waals surface area contributed by atoms with E-state index in [-0.39, 0.29) is 5.91 Å². The molecule has 1 aromatic rings. The second kappa shape index (κ2) is 7.30. The molecule has 2 atom stereocenters. The number of piperidine rings is 1. The number of carbonyl (C=O) groups excluding carboxylic acids is 1. The number of benzene rings is 1. The third kappa shape index (κ3) is 3.68. The highest BCUT2D eigenvalue weighted by Crippen LogP contribution is 2.30. The van der Waals surface area contributed by atoms with Crippen LogP contribution in [0, 0.1) is 0 Å². The van der Waals surface area contributed by atoms with Crippen molar-refractivity contribution in [2.24, 2.45) is 5.10 Å². The van der Waals surface area contributed by atoms with Crippen LogP contribution in [0.4, 0.5) is 5.69 Å². The van der Waals surface area contributed by atoms with Crippen LogP contribution in [-0.2, 0) is 4.79 Å². The van der Waals surface area contributed by atoms with Gasteiger partial charge in [0.25, 0.3) is 5.91 Å². The third-order valence-electron chi connectivity index (χ3n) is 4.68. The first-order valence-electron chi connectivity index (χ1n) is 8.35. The number of halogens is 2. The minimum Gasteiger partial charge on any atom is -0.283 e. The lowest BCUT2D eigenvalue weighted by Crippen LogP contribution is -2.55. The van der Waals surface area contributed by atoms with Crippen molar-refractivity contribution in [3.63, 3.8) is 0 Å². The van der Waals surface area contributed by atoms with Gasteiger partial charge in [-0.15, -0.1) is 0 Å². The number of hydrogen-bond acceptors (Lipinski definition) is 4. The first kappa shape index (κ1) is 17.5. The van der Waals surface area contributed by atoms with Crippen LogP contribution in [0.2, 0.25) is 10.0 Å². The van der Waals surface area contributed by atoms with Crippen molar-refractivity contribution in [1.29, 1.82) is 0 Å². The fourth-order valence-corrected chi connectivity index (χ4v) is 3.81. The molecule has 3 rings (SSSR count). The van der Waals surface area contributed by atoms with E-state index < -0.39 is 0 Å². The zero-order valence-corrected chi connectivity index (χ0v) is 15.4. The number of hydrazone groups is 1. The van der Waals surface area contributed by atoms with Crippen LogP contribution in [0.15, 0.2) is 23.3 Å². The van der Waals surface area contributed by atoms with Gasteiger partial charge in [0.2, 0.25) is 0 Å². The van der Waals surface area contributed by atoms with Crippen molar-refractivity contribution in [3.05, 3.63) is 28.2 Å². The summed E-state index contributed by atoms with van der Waals surface area (Å²) in [5.41, 5.74) is 4.34. The number of nitrogens with one attached hydrogen (secondary N) is 1. The highest BCUT2D eigenvalue weighted by atomic mass is 35.5. The second-order valence-electron chi connectivity index (χ2n) is 6.49. The number of carbonyl (C=O) groups is 1. The largest absolute Gasteiger partial charge is 0.283 e. The molecule has 24 heavy (non-hydrogen) atoms. The van der Waals surface area contributed by atoms with E-state index in [1.54, 1.807) is 17.1 Å². The van der Waals surface area contributed by atoms with Gasteiger partial charge in [-0.05, 0) is 44.9 Å². The van der Waals surface area contributed by atoms with Crippen LogP contribution in [0.25, 0.3) is 0 Å². The van der Waals surface area contributed by atoms with Crippen molar-refractivity contribution in [1.82, 2.24) is 10.4 Å². The second-order valence-corrected chi connectivity index (χ2v) is 7.34. The van der Waals surface area contributed by atoms with Gasteiger partial charge >= 0.3 is 0 Å². The fourth-order valence-electron chi connectivity index (χ4n) is 3.30. The fraction of sp³-hybridized carbons (Fsp3) is 0.529. The molecule has 1 saturated heterocycles. The molecule has 130 valence electrons. The Morgan fingerprint density at radius 1 is 1.25 bits per heavy atom. The Labute approximate surface area is 152 Å². The predicted molar refractivity (Wildman–Crippen MR) is 98.6 cm³/mol. The third-order valence-corrected chi connectivity index (χ3v) is 5.21. The number of rotatable bonds is 3. The molecule has 0 bridgehead atoms. The lowest BCUT2D eigenvalue weighted by Gasteiger charge is -2.38. The number of hydrazine groups is 1. The monoisotopic (exact) mass is 368 g/mol. The van der Waals surface area contributed by atoms with E-state index in [0.29, 0.717) is 40.8 Å². The first-order chi connectivity index (χ1) is 11.5. The van der Waals surface area contributed by atoms with E-state index in [2.05, 4.69) is 29.4 Å². The molecule has 0 aromatic heterocycles. The van der Waals surface area contributed by atoms with Crippen molar-refractivity contribution in [3.8, 4) is 0 Å². The van der Waals surface area contributed by atoms with Crippen molar-refractivity contribution in [2.45, 2.75) is 51.6 Å². The molecular formula is C17H22Cl2N4O.